The van der Waals surface area contributed by atoms with E-state index in [2.05, 4.69) is 0 Å². The quantitative estimate of drug-likeness (QED) is 0.250. The summed E-state index contributed by atoms with van der Waals surface area (Å²) in [4.78, 5) is 62.2. The van der Waals surface area contributed by atoms with Gasteiger partial charge in [0.05, 0.1) is 0 Å². The normalized spacial score (nSPS) is 6.03. The summed E-state index contributed by atoms with van der Waals surface area (Å²) in [5, 5.41) is 62.2. The average molecular weight is 600 g/mol. The summed E-state index contributed by atoms with van der Waals surface area (Å²) in [6.45, 7) is 6.81. The van der Waals surface area contributed by atoms with E-state index < -0.39 is 41.8 Å². The maximum atomic E-state index is 8.89. The third kappa shape index (κ3) is 1420. The minimum Gasteiger partial charge on any atom is -0.550 e. The van der Waals surface area contributed by atoms with Crippen LogP contribution in [0.3, 0.4) is 0 Å². The molecule has 0 rings (SSSR count). The van der Waals surface area contributed by atoms with Crippen LogP contribution < -0.4 is 35.7 Å². The SMILES string of the molecule is CC(=O)[O-].CC(=O)[O-].CC(=O)[O-].CC(=O)[O-].CC(=O)[O-].CC(=O)[O-].CC(=O)[O-].[Re]. The van der Waals surface area contributed by atoms with Crippen LogP contribution in [0.2, 0.25) is 0 Å². The summed E-state index contributed by atoms with van der Waals surface area (Å²) in [5.41, 5.74) is 0. The summed E-state index contributed by atoms with van der Waals surface area (Å²) in [6.07, 6.45) is 0. The smallest absolute Gasteiger partial charge is 0.0383 e. The van der Waals surface area contributed by atoms with Gasteiger partial charge in [-0.25, -0.2) is 0 Å². The van der Waals surface area contributed by atoms with E-state index in [4.69, 9.17) is 69.3 Å². The Labute approximate surface area is 180 Å². The number of rotatable bonds is 0. The van der Waals surface area contributed by atoms with Gasteiger partial charge in [-0.1, -0.05) is 0 Å². The van der Waals surface area contributed by atoms with Gasteiger partial charge in [0.25, 0.3) is 0 Å². The van der Waals surface area contributed by atoms with Crippen LogP contribution in [-0.4, -0.2) is 41.8 Å². The molecular weight excluding hydrogens is 578 g/mol. The molecule has 0 saturated heterocycles. The Morgan fingerprint density at radius 1 is 0.310 bits per heavy atom. The van der Waals surface area contributed by atoms with Crippen molar-refractivity contribution in [1.29, 1.82) is 0 Å². The Morgan fingerprint density at radius 2 is 0.310 bits per heavy atom. The van der Waals surface area contributed by atoms with Gasteiger partial charge in [-0.3, -0.25) is 0 Å². The van der Waals surface area contributed by atoms with Gasteiger partial charge in [0, 0.05) is 62.2 Å². The Balaban J connectivity index is -0.0000000294. The zero-order chi connectivity index (χ0) is 25.0. The molecular formula is C14H21O14Re-7. The van der Waals surface area contributed by atoms with Gasteiger partial charge in [0.2, 0.25) is 0 Å². The second kappa shape index (κ2) is 44.4. The van der Waals surface area contributed by atoms with Crippen molar-refractivity contribution in [1.82, 2.24) is 0 Å². The van der Waals surface area contributed by atoms with Crippen LogP contribution in [-0.2, 0) is 54.0 Å². The minimum atomic E-state index is -1.08. The molecule has 0 bridgehead atoms. The van der Waals surface area contributed by atoms with Crippen LogP contribution in [0.1, 0.15) is 48.5 Å². The minimum absolute atomic E-state index is 0. The van der Waals surface area contributed by atoms with Gasteiger partial charge in [-0.15, -0.1) is 0 Å². The summed E-state index contributed by atoms with van der Waals surface area (Å²) < 4.78 is 0. The van der Waals surface area contributed by atoms with Crippen molar-refractivity contribution < 1.29 is 89.7 Å². The van der Waals surface area contributed by atoms with Gasteiger partial charge in [0.1, 0.15) is 0 Å². The number of carbonyl (C=O) groups excluding carboxylic acids is 7. The van der Waals surface area contributed by atoms with Gasteiger partial charge < -0.3 is 69.3 Å². The fraction of sp³-hybridized carbons (Fsp3) is 0.500. The average Bonchev–Trinajstić information content (AvgIpc) is 2.20. The van der Waals surface area contributed by atoms with Crippen molar-refractivity contribution in [3.8, 4) is 0 Å². The number of carboxylic acids is 7. The summed E-state index contributed by atoms with van der Waals surface area (Å²) in [5.74, 6) is -7.58. The third-order valence-electron chi connectivity index (χ3n) is 0. The molecule has 0 fully saturated rings. The molecule has 0 aromatic carbocycles. The Morgan fingerprint density at radius 3 is 0.310 bits per heavy atom. The van der Waals surface area contributed by atoms with Gasteiger partial charge >= 0.3 is 0 Å². The maximum Gasteiger partial charge on any atom is 0.0383 e. The molecule has 0 unspecified atom stereocenters. The first kappa shape index (κ1) is 50.1. The van der Waals surface area contributed by atoms with Crippen molar-refractivity contribution in [2.45, 2.75) is 48.5 Å². The topological polar surface area (TPSA) is 281 Å². The van der Waals surface area contributed by atoms with Crippen LogP contribution in [0.15, 0.2) is 0 Å². The Kier molecular flexibility index (Phi) is 76.8. The molecule has 0 aliphatic rings. The van der Waals surface area contributed by atoms with E-state index in [1.54, 1.807) is 0 Å². The first-order valence-electron chi connectivity index (χ1n) is 6.36. The maximum absolute atomic E-state index is 8.89. The zero-order valence-corrected chi connectivity index (χ0v) is 19.3. The molecule has 0 aliphatic carbocycles. The van der Waals surface area contributed by atoms with Crippen LogP contribution in [0.4, 0.5) is 0 Å². The molecule has 0 aromatic rings. The van der Waals surface area contributed by atoms with Crippen LogP contribution in [0, 0.1) is 0 Å². The number of carboxylic acid groups (broad SMARTS) is 7. The fourth-order valence-corrected chi connectivity index (χ4v) is 0. The molecule has 0 atom stereocenters. The van der Waals surface area contributed by atoms with Gasteiger partial charge in [0.15, 0.2) is 0 Å². The second-order valence-electron chi connectivity index (χ2n) is 3.44. The van der Waals surface area contributed by atoms with Crippen LogP contribution >= 0.6 is 0 Å². The molecule has 0 amide bonds. The van der Waals surface area contributed by atoms with E-state index in [-0.39, 0.29) is 20.4 Å². The third-order valence-corrected chi connectivity index (χ3v) is 0. The summed E-state index contributed by atoms with van der Waals surface area (Å²) in [7, 11) is 0. The first-order valence-corrected chi connectivity index (χ1v) is 6.36. The zero-order valence-electron chi connectivity index (χ0n) is 16.6. The Hall–Kier alpha value is -3.05. The van der Waals surface area contributed by atoms with E-state index in [1.807, 2.05) is 0 Å². The molecule has 0 heterocycles. The number of carbonyl (C=O) groups is 7. The molecule has 175 valence electrons. The summed E-state index contributed by atoms with van der Waals surface area (Å²) >= 11 is 0. The molecule has 1 radical (unpaired) electrons. The predicted octanol–water partition coefficient (Wildman–Crippen LogP) is -8.71. The van der Waals surface area contributed by atoms with E-state index in [0.717, 1.165) is 48.5 Å². The standard InChI is InChI=1S/7C2H4O2.Re/c7*1-2(3)4;/h7*1H3,(H,3,4);/p-7. The molecule has 0 N–H and O–H groups in total. The molecule has 0 aliphatic heterocycles. The molecule has 0 saturated carbocycles. The number of hydrogen-bond acceptors (Lipinski definition) is 14. The molecule has 0 aromatic heterocycles. The van der Waals surface area contributed by atoms with E-state index >= 15 is 0 Å². The van der Waals surface area contributed by atoms with Crippen LogP contribution in [0.5, 0.6) is 0 Å². The van der Waals surface area contributed by atoms with Crippen molar-refractivity contribution in [3.63, 3.8) is 0 Å². The monoisotopic (exact) mass is 600 g/mol. The molecule has 14 nitrogen and oxygen atoms in total. The largest absolute Gasteiger partial charge is 0.550 e. The number of hydrogen-bond donors (Lipinski definition) is 0. The van der Waals surface area contributed by atoms with Crippen molar-refractivity contribution in [2.75, 3.05) is 0 Å². The van der Waals surface area contributed by atoms with Crippen LogP contribution in [0.25, 0.3) is 0 Å². The molecule has 0 spiro atoms. The molecule has 15 heteroatoms. The second-order valence-corrected chi connectivity index (χ2v) is 3.44. The van der Waals surface area contributed by atoms with Gasteiger partial charge in [-0.2, -0.15) is 0 Å². The van der Waals surface area contributed by atoms with Crippen molar-refractivity contribution in [3.05, 3.63) is 0 Å². The predicted molar refractivity (Wildman–Crippen MR) is 74.8 cm³/mol. The summed E-state index contributed by atoms with van der Waals surface area (Å²) in [6, 6.07) is 0. The Bertz CT molecular complexity index is 313. The van der Waals surface area contributed by atoms with E-state index in [1.165, 1.54) is 0 Å². The molecule has 29 heavy (non-hydrogen) atoms. The fourth-order valence-electron chi connectivity index (χ4n) is 0. The first-order chi connectivity index (χ1) is 12.1. The van der Waals surface area contributed by atoms with E-state index in [9.17, 15) is 0 Å². The van der Waals surface area contributed by atoms with Gasteiger partial charge in [-0.05, 0) is 48.5 Å². The number of aliphatic carboxylic acids is 7. The van der Waals surface area contributed by atoms with Crippen molar-refractivity contribution >= 4 is 41.8 Å². The van der Waals surface area contributed by atoms with E-state index in [0.29, 0.717) is 0 Å². The van der Waals surface area contributed by atoms with Crippen molar-refractivity contribution in [2.24, 2.45) is 0 Å².